The molecule has 1 heterocycles. The molecule has 2 aliphatic rings. The maximum absolute atomic E-state index is 9.00. The van der Waals surface area contributed by atoms with Crippen molar-refractivity contribution < 1.29 is 0 Å². The summed E-state index contributed by atoms with van der Waals surface area (Å²) in [4.78, 5) is 6.11. The Kier molecular flexibility index (Phi) is 3.75. The van der Waals surface area contributed by atoms with Gasteiger partial charge in [0.15, 0.2) is 0 Å². The quantitative estimate of drug-likeness (QED) is 0.789. The summed E-state index contributed by atoms with van der Waals surface area (Å²) in [5.41, 5.74) is 4.85. The fraction of sp³-hybridized carbons (Fsp3) is 0.294. The van der Waals surface area contributed by atoms with E-state index in [2.05, 4.69) is 43.3 Å². The van der Waals surface area contributed by atoms with Crippen LogP contribution in [0.3, 0.4) is 0 Å². The molecule has 1 aliphatic carbocycles. The fourth-order valence-electron chi connectivity index (χ4n) is 2.68. The zero-order valence-electron chi connectivity index (χ0n) is 11.5. The van der Waals surface area contributed by atoms with Gasteiger partial charge in [0.05, 0.1) is 18.2 Å². The Balaban J connectivity index is 1.94. The minimum atomic E-state index is 0.306. The van der Waals surface area contributed by atoms with Gasteiger partial charge in [-0.2, -0.15) is 5.26 Å². The third-order valence-corrected chi connectivity index (χ3v) is 4.84. The van der Waals surface area contributed by atoms with Crippen molar-refractivity contribution in [3.8, 4) is 6.07 Å². The summed E-state index contributed by atoms with van der Waals surface area (Å²) in [5.74, 6) is 1.23. The van der Waals surface area contributed by atoms with Crippen molar-refractivity contribution in [3.05, 3.63) is 47.6 Å². The number of thioether (sulfide) groups is 1. The smallest absolute Gasteiger partial charge is 0.0765 e. The summed E-state index contributed by atoms with van der Waals surface area (Å²) in [5, 5.41) is 9.00. The van der Waals surface area contributed by atoms with Crippen LogP contribution >= 0.6 is 11.8 Å². The van der Waals surface area contributed by atoms with Crippen LogP contribution in [-0.4, -0.2) is 11.5 Å². The lowest BCUT2D eigenvalue weighted by atomic mass is 9.83. The molecule has 0 bridgehead atoms. The summed E-state index contributed by atoms with van der Waals surface area (Å²) in [6, 6.07) is 10.6. The van der Waals surface area contributed by atoms with E-state index in [1.807, 2.05) is 17.8 Å². The number of rotatable bonds is 2. The maximum Gasteiger partial charge on any atom is 0.0765 e. The maximum atomic E-state index is 9.00. The van der Waals surface area contributed by atoms with Crippen LogP contribution < -0.4 is 0 Å². The molecule has 20 heavy (non-hydrogen) atoms. The molecule has 1 unspecified atom stereocenters. The van der Waals surface area contributed by atoms with Crippen LogP contribution in [0.5, 0.6) is 0 Å². The predicted molar refractivity (Wildman–Crippen MR) is 84.4 cm³/mol. The van der Waals surface area contributed by atoms with E-state index in [1.165, 1.54) is 21.8 Å². The molecule has 1 atom stereocenters. The Bertz CT molecular complexity index is 662. The molecule has 0 spiro atoms. The van der Waals surface area contributed by atoms with Gasteiger partial charge in [0.1, 0.15) is 0 Å². The number of fused-ring (bicyclic) bond motifs is 1. The highest BCUT2D eigenvalue weighted by atomic mass is 32.2. The average molecular weight is 280 g/mol. The third-order valence-electron chi connectivity index (χ3n) is 3.75. The monoisotopic (exact) mass is 280 g/mol. The van der Waals surface area contributed by atoms with Gasteiger partial charge in [-0.05, 0) is 31.1 Å². The molecule has 1 aliphatic heterocycles. The van der Waals surface area contributed by atoms with Crippen LogP contribution in [-0.2, 0) is 0 Å². The van der Waals surface area contributed by atoms with Crippen LogP contribution in [0.15, 0.2) is 57.5 Å². The van der Waals surface area contributed by atoms with Crippen LogP contribution in [0.2, 0.25) is 0 Å². The summed E-state index contributed by atoms with van der Waals surface area (Å²) < 4.78 is 0. The molecular formula is C17H16N2S. The molecule has 0 aromatic heterocycles. The van der Waals surface area contributed by atoms with Gasteiger partial charge in [-0.25, -0.2) is 0 Å². The molecule has 0 saturated heterocycles. The first-order valence-corrected chi connectivity index (χ1v) is 7.79. The van der Waals surface area contributed by atoms with Crippen LogP contribution in [0, 0.1) is 17.2 Å². The topological polar surface area (TPSA) is 36.1 Å². The van der Waals surface area contributed by atoms with Crippen LogP contribution in [0.1, 0.15) is 19.8 Å². The Morgan fingerprint density at radius 3 is 3.05 bits per heavy atom. The highest BCUT2D eigenvalue weighted by molar-refractivity contribution is 8.00. The van der Waals surface area contributed by atoms with Gasteiger partial charge >= 0.3 is 0 Å². The number of hydrogen-bond donors (Lipinski definition) is 0. The van der Waals surface area contributed by atoms with E-state index in [4.69, 9.17) is 10.3 Å². The Labute approximate surface area is 123 Å². The van der Waals surface area contributed by atoms with Gasteiger partial charge in [0.25, 0.3) is 0 Å². The Morgan fingerprint density at radius 1 is 1.35 bits per heavy atom. The standard InChI is InChI=1S/C17H16N2S/c1-12-6-7-13(8-9-18)14(10-12)16-11-20-17-5-3-2-4-15(17)19-16/h2-7,14H,8,10-11H2,1H3. The number of nitrogens with zero attached hydrogens (tertiary/aromatic N) is 2. The molecule has 1 aromatic rings. The van der Waals surface area contributed by atoms with Gasteiger partial charge in [-0.3, -0.25) is 4.99 Å². The first-order chi connectivity index (χ1) is 9.78. The molecule has 3 heteroatoms. The van der Waals surface area contributed by atoms with E-state index < -0.39 is 0 Å². The fourth-order valence-corrected chi connectivity index (χ4v) is 3.69. The lowest BCUT2D eigenvalue weighted by Gasteiger charge is -2.26. The Hall–Kier alpha value is -1.79. The summed E-state index contributed by atoms with van der Waals surface area (Å²) in [6.07, 6.45) is 5.74. The normalized spacial score (nSPS) is 21.2. The highest BCUT2D eigenvalue weighted by Gasteiger charge is 2.25. The number of hydrogen-bond acceptors (Lipinski definition) is 3. The van der Waals surface area contributed by atoms with Crippen molar-refractivity contribution in [2.24, 2.45) is 10.9 Å². The average Bonchev–Trinajstić information content (AvgIpc) is 2.49. The van der Waals surface area contributed by atoms with Gasteiger partial charge in [0, 0.05) is 22.3 Å². The lowest BCUT2D eigenvalue weighted by Crippen LogP contribution is -2.22. The zero-order chi connectivity index (χ0) is 13.9. The van der Waals surface area contributed by atoms with Crippen LogP contribution in [0.25, 0.3) is 0 Å². The van der Waals surface area contributed by atoms with Crippen LogP contribution in [0.4, 0.5) is 5.69 Å². The number of nitriles is 1. The second-order valence-electron chi connectivity index (χ2n) is 5.21. The van der Waals surface area contributed by atoms with E-state index in [-0.39, 0.29) is 0 Å². The van der Waals surface area contributed by atoms with Crippen molar-refractivity contribution in [3.63, 3.8) is 0 Å². The van der Waals surface area contributed by atoms with Gasteiger partial charge in [-0.1, -0.05) is 29.9 Å². The second kappa shape index (κ2) is 5.68. The van der Waals surface area contributed by atoms with E-state index in [1.54, 1.807) is 0 Å². The van der Waals surface area contributed by atoms with Crippen molar-refractivity contribution >= 4 is 23.2 Å². The van der Waals surface area contributed by atoms with Crippen molar-refractivity contribution in [1.82, 2.24) is 0 Å². The predicted octanol–water partition coefficient (Wildman–Crippen LogP) is 4.67. The number of para-hydroxylation sites is 1. The molecule has 3 rings (SSSR count). The lowest BCUT2D eigenvalue weighted by molar-refractivity contribution is 0.752. The minimum Gasteiger partial charge on any atom is -0.255 e. The molecule has 1 aromatic carbocycles. The largest absolute Gasteiger partial charge is 0.255 e. The SMILES string of the molecule is CC1=CC=C(CC#N)C(C2=Nc3ccccc3SC2)C1. The molecule has 2 nitrogen and oxygen atoms in total. The number of benzene rings is 1. The molecule has 0 amide bonds. The first-order valence-electron chi connectivity index (χ1n) is 6.80. The third kappa shape index (κ3) is 2.57. The van der Waals surface area contributed by atoms with Gasteiger partial charge in [0.2, 0.25) is 0 Å². The molecule has 100 valence electrons. The highest BCUT2D eigenvalue weighted by Crippen LogP contribution is 2.38. The van der Waals surface area contributed by atoms with E-state index in [9.17, 15) is 0 Å². The molecule has 0 radical (unpaired) electrons. The zero-order valence-corrected chi connectivity index (χ0v) is 12.3. The van der Waals surface area contributed by atoms with Crippen molar-refractivity contribution in [2.45, 2.75) is 24.7 Å². The molecule has 0 fully saturated rings. The van der Waals surface area contributed by atoms with Gasteiger partial charge < -0.3 is 0 Å². The second-order valence-corrected chi connectivity index (χ2v) is 6.22. The van der Waals surface area contributed by atoms with Crippen molar-refractivity contribution in [2.75, 3.05) is 5.75 Å². The summed E-state index contributed by atoms with van der Waals surface area (Å²) in [6.45, 7) is 2.15. The van der Waals surface area contributed by atoms with Gasteiger partial charge in [-0.15, -0.1) is 11.8 Å². The summed E-state index contributed by atoms with van der Waals surface area (Å²) >= 11 is 1.85. The van der Waals surface area contributed by atoms with E-state index in [0.717, 1.165) is 17.9 Å². The summed E-state index contributed by atoms with van der Waals surface area (Å²) in [7, 11) is 0. The number of allylic oxidation sites excluding steroid dienone is 4. The molecular weight excluding hydrogens is 264 g/mol. The minimum absolute atomic E-state index is 0.306. The number of aliphatic imine (C=N–C) groups is 1. The van der Waals surface area contributed by atoms with E-state index >= 15 is 0 Å². The Morgan fingerprint density at radius 2 is 2.20 bits per heavy atom. The van der Waals surface area contributed by atoms with E-state index in [0.29, 0.717) is 12.3 Å². The first kappa shape index (κ1) is 13.2. The molecule has 0 N–H and O–H groups in total. The molecule has 0 saturated carbocycles. The van der Waals surface area contributed by atoms with Crippen molar-refractivity contribution in [1.29, 1.82) is 5.26 Å².